The van der Waals surface area contributed by atoms with Crippen LogP contribution in [0.25, 0.3) is 0 Å². The van der Waals surface area contributed by atoms with Gasteiger partial charge in [-0.3, -0.25) is 4.79 Å². The molecule has 1 aliphatic carbocycles. The van der Waals surface area contributed by atoms with E-state index in [2.05, 4.69) is 0 Å². The standard InChI is InChI=1S/C10H16O4/c1-5-6(9(11)12)4-7-8(5)14-10(2,3)13-7/h5-8H,4H2,1-3H3,(H,11,12)/t5?,6-,7-,8+/m0/s1. The Morgan fingerprint density at radius 1 is 1.43 bits per heavy atom. The molecule has 14 heavy (non-hydrogen) atoms. The number of carboxylic acids is 1. The molecule has 80 valence electrons. The summed E-state index contributed by atoms with van der Waals surface area (Å²) in [4.78, 5) is 10.9. The molecular formula is C10H16O4. The first kappa shape index (κ1) is 9.93. The van der Waals surface area contributed by atoms with Gasteiger partial charge in [0.25, 0.3) is 0 Å². The Morgan fingerprint density at radius 2 is 2.07 bits per heavy atom. The SMILES string of the molecule is CC1[C@@H](C(=O)O)C[C@@H]2OC(C)(C)O[C@H]12. The van der Waals surface area contributed by atoms with Crippen molar-refractivity contribution in [2.24, 2.45) is 11.8 Å². The van der Waals surface area contributed by atoms with Crippen molar-refractivity contribution in [2.45, 2.75) is 45.2 Å². The van der Waals surface area contributed by atoms with Crippen LogP contribution in [0.2, 0.25) is 0 Å². The van der Waals surface area contributed by atoms with Crippen LogP contribution in [0.4, 0.5) is 0 Å². The Hall–Kier alpha value is -0.610. The summed E-state index contributed by atoms with van der Waals surface area (Å²) >= 11 is 0. The van der Waals surface area contributed by atoms with E-state index < -0.39 is 11.8 Å². The highest BCUT2D eigenvalue weighted by Gasteiger charge is 2.53. The van der Waals surface area contributed by atoms with Gasteiger partial charge in [-0.05, 0) is 26.2 Å². The second-order valence-electron chi connectivity index (χ2n) is 4.68. The third kappa shape index (κ3) is 1.42. The number of carbonyl (C=O) groups is 1. The van der Waals surface area contributed by atoms with Gasteiger partial charge < -0.3 is 14.6 Å². The lowest BCUT2D eigenvalue weighted by molar-refractivity contribution is -0.166. The molecule has 1 saturated carbocycles. The van der Waals surface area contributed by atoms with Gasteiger partial charge in [0, 0.05) is 0 Å². The molecule has 2 fully saturated rings. The average Bonchev–Trinajstić information content (AvgIpc) is 2.46. The van der Waals surface area contributed by atoms with Gasteiger partial charge in [-0.15, -0.1) is 0 Å². The summed E-state index contributed by atoms with van der Waals surface area (Å²) in [5, 5.41) is 8.96. The molecule has 0 amide bonds. The smallest absolute Gasteiger partial charge is 0.306 e. The van der Waals surface area contributed by atoms with Crippen LogP contribution in [0, 0.1) is 11.8 Å². The zero-order chi connectivity index (χ0) is 10.5. The van der Waals surface area contributed by atoms with E-state index in [-0.39, 0.29) is 24.0 Å². The third-order valence-electron chi connectivity index (χ3n) is 3.18. The summed E-state index contributed by atoms with van der Waals surface area (Å²) in [5.74, 6) is -1.56. The number of aliphatic carboxylic acids is 1. The van der Waals surface area contributed by atoms with Gasteiger partial charge in [0.05, 0.1) is 18.1 Å². The molecule has 0 aromatic carbocycles. The van der Waals surface area contributed by atoms with Gasteiger partial charge in [0.15, 0.2) is 5.79 Å². The van der Waals surface area contributed by atoms with Crippen LogP contribution < -0.4 is 0 Å². The summed E-state index contributed by atoms with van der Waals surface area (Å²) in [6, 6.07) is 0. The lowest BCUT2D eigenvalue weighted by Crippen LogP contribution is -2.28. The molecular weight excluding hydrogens is 184 g/mol. The Kier molecular flexibility index (Phi) is 2.08. The average molecular weight is 200 g/mol. The first-order valence-electron chi connectivity index (χ1n) is 4.99. The molecule has 1 saturated heterocycles. The van der Waals surface area contributed by atoms with Crippen molar-refractivity contribution in [1.82, 2.24) is 0 Å². The zero-order valence-corrected chi connectivity index (χ0v) is 8.69. The van der Waals surface area contributed by atoms with Gasteiger partial charge in [-0.1, -0.05) is 6.92 Å². The second kappa shape index (κ2) is 2.94. The predicted molar refractivity (Wildman–Crippen MR) is 48.7 cm³/mol. The van der Waals surface area contributed by atoms with Crippen molar-refractivity contribution in [1.29, 1.82) is 0 Å². The molecule has 1 N–H and O–H groups in total. The molecule has 4 atom stereocenters. The maximum Gasteiger partial charge on any atom is 0.306 e. The van der Waals surface area contributed by atoms with E-state index in [1.54, 1.807) is 0 Å². The summed E-state index contributed by atoms with van der Waals surface area (Å²) in [7, 11) is 0. The largest absolute Gasteiger partial charge is 0.481 e. The van der Waals surface area contributed by atoms with Crippen LogP contribution in [-0.2, 0) is 14.3 Å². The molecule has 1 heterocycles. The minimum Gasteiger partial charge on any atom is -0.481 e. The molecule has 0 aromatic rings. The molecule has 0 radical (unpaired) electrons. The first-order valence-corrected chi connectivity index (χ1v) is 4.99. The predicted octanol–water partition coefficient (Wildman–Crippen LogP) is 1.25. The van der Waals surface area contributed by atoms with Crippen LogP contribution in [0.5, 0.6) is 0 Å². The van der Waals surface area contributed by atoms with Gasteiger partial charge in [-0.25, -0.2) is 0 Å². The highest BCUT2D eigenvalue weighted by atomic mass is 16.8. The highest BCUT2D eigenvalue weighted by Crippen LogP contribution is 2.44. The van der Waals surface area contributed by atoms with Crippen molar-refractivity contribution < 1.29 is 19.4 Å². The maximum atomic E-state index is 10.9. The van der Waals surface area contributed by atoms with E-state index >= 15 is 0 Å². The number of fused-ring (bicyclic) bond motifs is 1. The normalized spacial score (nSPS) is 45.1. The quantitative estimate of drug-likeness (QED) is 0.692. The Morgan fingerprint density at radius 3 is 2.57 bits per heavy atom. The van der Waals surface area contributed by atoms with Crippen LogP contribution in [0.1, 0.15) is 27.2 Å². The van der Waals surface area contributed by atoms with Crippen LogP contribution in [-0.4, -0.2) is 29.1 Å². The number of hydrogen-bond donors (Lipinski definition) is 1. The fourth-order valence-corrected chi connectivity index (χ4v) is 2.51. The lowest BCUT2D eigenvalue weighted by atomic mass is 9.97. The Labute approximate surface area is 83.2 Å². The van der Waals surface area contributed by atoms with Crippen molar-refractivity contribution in [2.75, 3.05) is 0 Å². The number of ether oxygens (including phenoxy) is 2. The lowest BCUT2D eigenvalue weighted by Gasteiger charge is -2.22. The third-order valence-corrected chi connectivity index (χ3v) is 3.18. The van der Waals surface area contributed by atoms with Crippen molar-refractivity contribution in [3.8, 4) is 0 Å². The van der Waals surface area contributed by atoms with Gasteiger partial charge in [0.1, 0.15) is 0 Å². The summed E-state index contributed by atoms with van der Waals surface area (Å²) in [6.45, 7) is 5.66. The van der Waals surface area contributed by atoms with Crippen LogP contribution in [0.3, 0.4) is 0 Å². The maximum absolute atomic E-state index is 10.9. The minimum absolute atomic E-state index is 0.0406. The Bertz CT molecular complexity index is 261. The molecule has 2 aliphatic rings. The fourth-order valence-electron chi connectivity index (χ4n) is 2.51. The summed E-state index contributed by atoms with van der Waals surface area (Å²) < 4.78 is 11.3. The molecule has 0 bridgehead atoms. The monoisotopic (exact) mass is 200 g/mol. The fraction of sp³-hybridized carbons (Fsp3) is 0.900. The van der Waals surface area contributed by atoms with E-state index in [9.17, 15) is 4.79 Å². The van der Waals surface area contributed by atoms with E-state index in [0.717, 1.165) is 0 Å². The van der Waals surface area contributed by atoms with Crippen molar-refractivity contribution in [3.05, 3.63) is 0 Å². The molecule has 0 aromatic heterocycles. The number of carboxylic acid groups (broad SMARTS) is 1. The molecule has 4 heteroatoms. The Balaban J connectivity index is 2.11. The van der Waals surface area contributed by atoms with Crippen LogP contribution in [0.15, 0.2) is 0 Å². The van der Waals surface area contributed by atoms with E-state index in [1.807, 2.05) is 20.8 Å². The molecule has 4 nitrogen and oxygen atoms in total. The van der Waals surface area contributed by atoms with E-state index in [0.29, 0.717) is 6.42 Å². The van der Waals surface area contributed by atoms with E-state index in [1.165, 1.54) is 0 Å². The van der Waals surface area contributed by atoms with Crippen molar-refractivity contribution >= 4 is 5.97 Å². The summed E-state index contributed by atoms with van der Waals surface area (Å²) in [6.07, 6.45) is 0.483. The second-order valence-corrected chi connectivity index (χ2v) is 4.68. The summed E-state index contributed by atoms with van der Waals surface area (Å²) in [5.41, 5.74) is 0. The van der Waals surface area contributed by atoms with Gasteiger partial charge in [0.2, 0.25) is 0 Å². The molecule has 2 rings (SSSR count). The molecule has 0 spiro atoms. The highest BCUT2D eigenvalue weighted by molar-refractivity contribution is 5.71. The van der Waals surface area contributed by atoms with Gasteiger partial charge >= 0.3 is 5.97 Å². The van der Waals surface area contributed by atoms with Crippen molar-refractivity contribution in [3.63, 3.8) is 0 Å². The van der Waals surface area contributed by atoms with Gasteiger partial charge in [-0.2, -0.15) is 0 Å². The minimum atomic E-state index is -0.739. The van der Waals surface area contributed by atoms with E-state index in [4.69, 9.17) is 14.6 Å². The first-order chi connectivity index (χ1) is 6.41. The number of hydrogen-bond acceptors (Lipinski definition) is 3. The van der Waals surface area contributed by atoms with Crippen LogP contribution >= 0.6 is 0 Å². The zero-order valence-electron chi connectivity index (χ0n) is 8.69. The molecule has 1 unspecified atom stereocenters. The number of rotatable bonds is 1. The molecule has 1 aliphatic heterocycles. The topological polar surface area (TPSA) is 55.8 Å².